The van der Waals surface area contributed by atoms with Gasteiger partial charge in [-0.05, 0) is 25.4 Å². The molecule has 0 saturated carbocycles. The van der Waals surface area contributed by atoms with Crippen molar-refractivity contribution in [1.82, 2.24) is 15.0 Å². The fourth-order valence-electron chi connectivity index (χ4n) is 2.05. The van der Waals surface area contributed by atoms with Gasteiger partial charge in [0.25, 0.3) is 0 Å². The summed E-state index contributed by atoms with van der Waals surface area (Å²) in [5, 5.41) is 1.26. The van der Waals surface area contributed by atoms with Crippen LogP contribution < -0.4 is 4.90 Å². The number of ether oxygens (including phenoxy) is 1. The third kappa shape index (κ3) is 2.04. The van der Waals surface area contributed by atoms with E-state index < -0.39 is 0 Å². The number of aryl methyl sites for hydroxylation is 1. The van der Waals surface area contributed by atoms with Crippen molar-refractivity contribution in [2.45, 2.75) is 19.9 Å². The number of fused-ring (bicyclic) bond motifs is 1. The Morgan fingerprint density at radius 1 is 1.39 bits per heavy atom. The summed E-state index contributed by atoms with van der Waals surface area (Å²) in [5.41, 5.74) is 1.67. The van der Waals surface area contributed by atoms with E-state index in [-0.39, 0.29) is 5.28 Å². The third-order valence-corrected chi connectivity index (χ3v) is 4.16. The molecule has 2 aromatic heterocycles. The molecule has 1 aliphatic heterocycles. The van der Waals surface area contributed by atoms with Crippen molar-refractivity contribution in [1.29, 1.82) is 0 Å². The molecule has 1 aliphatic rings. The first kappa shape index (κ1) is 12.1. The average molecular weight is 285 g/mol. The van der Waals surface area contributed by atoms with E-state index in [2.05, 4.69) is 26.8 Å². The van der Waals surface area contributed by atoms with Crippen molar-refractivity contribution in [3.8, 4) is 0 Å². The molecule has 0 radical (unpaired) electrons. The van der Waals surface area contributed by atoms with Crippen LogP contribution in [0.5, 0.6) is 0 Å². The van der Waals surface area contributed by atoms with Crippen LogP contribution in [-0.2, 0) is 4.74 Å². The van der Waals surface area contributed by atoms with E-state index in [0.29, 0.717) is 6.04 Å². The van der Waals surface area contributed by atoms with E-state index in [9.17, 15) is 0 Å². The van der Waals surface area contributed by atoms with Crippen LogP contribution in [0.4, 0.5) is 5.13 Å². The number of morpholine rings is 1. The molecule has 3 heterocycles. The molecule has 5 nitrogen and oxygen atoms in total. The highest BCUT2D eigenvalue weighted by Gasteiger charge is 2.23. The number of rotatable bonds is 1. The van der Waals surface area contributed by atoms with E-state index in [1.807, 2.05) is 6.92 Å². The summed E-state index contributed by atoms with van der Waals surface area (Å²) in [6, 6.07) is 0.336. The van der Waals surface area contributed by atoms with Crippen molar-refractivity contribution in [2.75, 3.05) is 24.7 Å². The van der Waals surface area contributed by atoms with Gasteiger partial charge in [-0.1, -0.05) is 11.3 Å². The van der Waals surface area contributed by atoms with E-state index >= 15 is 0 Å². The molecule has 0 aliphatic carbocycles. The highest BCUT2D eigenvalue weighted by atomic mass is 35.5. The van der Waals surface area contributed by atoms with Crippen LogP contribution >= 0.6 is 22.9 Å². The van der Waals surface area contributed by atoms with Crippen molar-refractivity contribution in [3.05, 3.63) is 11.0 Å². The molecule has 0 amide bonds. The van der Waals surface area contributed by atoms with Gasteiger partial charge in [-0.15, -0.1) is 0 Å². The van der Waals surface area contributed by atoms with Crippen molar-refractivity contribution in [3.63, 3.8) is 0 Å². The first-order chi connectivity index (χ1) is 8.65. The largest absolute Gasteiger partial charge is 0.377 e. The number of hydrogen-bond acceptors (Lipinski definition) is 6. The van der Waals surface area contributed by atoms with Gasteiger partial charge in [-0.3, -0.25) is 0 Å². The van der Waals surface area contributed by atoms with Crippen LogP contribution in [-0.4, -0.2) is 40.8 Å². The Balaban J connectivity index is 2.05. The Hall–Kier alpha value is -0.980. The Morgan fingerprint density at radius 2 is 2.22 bits per heavy atom. The molecule has 0 aromatic carbocycles. The fraction of sp³-hybridized carbons (Fsp3) is 0.545. The van der Waals surface area contributed by atoms with E-state index in [4.69, 9.17) is 16.3 Å². The SMILES string of the molecule is Cc1nc(Cl)nc2sc(N3CCOC[C@@H]3C)nc12. The predicted octanol–water partition coefficient (Wildman–Crippen LogP) is 2.27. The van der Waals surface area contributed by atoms with Gasteiger partial charge in [0.15, 0.2) is 9.96 Å². The zero-order valence-corrected chi connectivity index (χ0v) is 11.8. The molecular formula is C11H13ClN4OS. The molecule has 0 unspecified atom stereocenters. The summed E-state index contributed by atoms with van der Waals surface area (Å²) in [6.45, 7) is 6.38. The van der Waals surface area contributed by atoms with Crippen molar-refractivity contribution in [2.24, 2.45) is 0 Å². The molecule has 1 fully saturated rings. The van der Waals surface area contributed by atoms with Crippen LogP contribution in [0.25, 0.3) is 10.3 Å². The maximum atomic E-state index is 5.87. The molecule has 1 atom stereocenters. The second-order valence-electron chi connectivity index (χ2n) is 4.35. The van der Waals surface area contributed by atoms with Crippen molar-refractivity contribution < 1.29 is 4.74 Å². The summed E-state index contributed by atoms with van der Waals surface area (Å²) in [7, 11) is 0. The van der Waals surface area contributed by atoms with E-state index in [0.717, 1.165) is 40.9 Å². The predicted molar refractivity (Wildman–Crippen MR) is 72.6 cm³/mol. The minimum Gasteiger partial charge on any atom is -0.377 e. The fourth-order valence-corrected chi connectivity index (χ4v) is 3.43. The topological polar surface area (TPSA) is 51.1 Å². The Labute approximate surface area is 114 Å². The van der Waals surface area contributed by atoms with Crippen LogP contribution in [0, 0.1) is 6.92 Å². The van der Waals surface area contributed by atoms with Gasteiger partial charge in [0.2, 0.25) is 5.28 Å². The van der Waals surface area contributed by atoms with E-state index in [1.54, 1.807) is 11.3 Å². The molecule has 18 heavy (non-hydrogen) atoms. The Bertz CT molecular complexity index is 588. The van der Waals surface area contributed by atoms with Gasteiger partial charge < -0.3 is 9.64 Å². The maximum absolute atomic E-state index is 5.87. The minimum absolute atomic E-state index is 0.283. The molecule has 7 heteroatoms. The van der Waals surface area contributed by atoms with Gasteiger partial charge in [0.05, 0.1) is 24.9 Å². The number of anilines is 1. The quantitative estimate of drug-likeness (QED) is 0.752. The highest BCUT2D eigenvalue weighted by molar-refractivity contribution is 7.21. The number of hydrogen-bond donors (Lipinski definition) is 0. The molecule has 2 aromatic rings. The molecule has 0 bridgehead atoms. The summed E-state index contributed by atoms with van der Waals surface area (Å²) >= 11 is 7.43. The van der Waals surface area contributed by atoms with Gasteiger partial charge in [0, 0.05) is 6.54 Å². The Kier molecular flexibility index (Phi) is 3.09. The first-order valence-corrected chi connectivity index (χ1v) is 6.99. The van der Waals surface area contributed by atoms with Gasteiger partial charge in [-0.2, -0.15) is 0 Å². The lowest BCUT2D eigenvalue weighted by molar-refractivity contribution is 0.0989. The molecule has 96 valence electrons. The van der Waals surface area contributed by atoms with Gasteiger partial charge in [0.1, 0.15) is 5.52 Å². The zero-order chi connectivity index (χ0) is 12.7. The van der Waals surface area contributed by atoms with Crippen LogP contribution in [0.15, 0.2) is 0 Å². The zero-order valence-electron chi connectivity index (χ0n) is 10.2. The normalized spacial score (nSPS) is 20.6. The van der Waals surface area contributed by atoms with Gasteiger partial charge in [-0.25, -0.2) is 15.0 Å². The van der Waals surface area contributed by atoms with Crippen molar-refractivity contribution >= 4 is 38.4 Å². The lowest BCUT2D eigenvalue weighted by Gasteiger charge is -2.32. The monoisotopic (exact) mass is 284 g/mol. The lowest BCUT2D eigenvalue weighted by Crippen LogP contribution is -2.43. The lowest BCUT2D eigenvalue weighted by atomic mass is 10.3. The van der Waals surface area contributed by atoms with Gasteiger partial charge >= 0.3 is 0 Å². The molecule has 1 saturated heterocycles. The summed E-state index contributed by atoms with van der Waals surface area (Å²) in [5.74, 6) is 0. The summed E-state index contributed by atoms with van der Waals surface area (Å²) < 4.78 is 5.44. The first-order valence-electron chi connectivity index (χ1n) is 5.80. The number of thiazole rings is 1. The van der Waals surface area contributed by atoms with E-state index in [1.165, 1.54) is 0 Å². The molecule has 3 rings (SSSR count). The number of halogens is 1. The molecule has 0 N–H and O–H groups in total. The van der Waals surface area contributed by atoms with Crippen LogP contribution in [0.2, 0.25) is 5.28 Å². The second kappa shape index (κ2) is 4.60. The number of nitrogens with zero attached hydrogens (tertiary/aromatic N) is 4. The maximum Gasteiger partial charge on any atom is 0.224 e. The smallest absolute Gasteiger partial charge is 0.224 e. The third-order valence-electron chi connectivity index (χ3n) is 3.01. The molecular weight excluding hydrogens is 272 g/mol. The minimum atomic E-state index is 0.283. The second-order valence-corrected chi connectivity index (χ2v) is 5.64. The van der Waals surface area contributed by atoms with Crippen LogP contribution in [0.1, 0.15) is 12.6 Å². The standard InChI is InChI=1S/C11H13ClN4OS/c1-6-5-17-4-3-16(6)11-14-8-7(2)13-10(12)15-9(8)18-11/h6H,3-5H2,1-2H3/t6-/m0/s1. The number of aromatic nitrogens is 3. The Morgan fingerprint density at radius 3 is 3.00 bits per heavy atom. The highest BCUT2D eigenvalue weighted by Crippen LogP contribution is 2.31. The van der Waals surface area contributed by atoms with Crippen LogP contribution in [0.3, 0.4) is 0 Å². The molecule has 0 spiro atoms. The average Bonchev–Trinajstić information content (AvgIpc) is 2.73. The summed E-state index contributed by atoms with van der Waals surface area (Å²) in [6.07, 6.45) is 0. The summed E-state index contributed by atoms with van der Waals surface area (Å²) in [4.78, 5) is 16.1.